The minimum absolute atomic E-state index is 0.404. The zero-order chi connectivity index (χ0) is 12.4. The van der Waals surface area contributed by atoms with Crippen LogP contribution in [0, 0.1) is 5.92 Å². The Labute approximate surface area is 105 Å². The van der Waals surface area contributed by atoms with Crippen molar-refractivity contribution in [2.75, 3.05) is 25.0 Å². The summed E-state index contributed by atoms with van der Waals surface area (Å²) >= 11 is 0. The summed E-state index contributed by atoms with van der Waals surface area (Å²) < 4.78 is 4.96. The van der Waals surface area contributed by atoms with Gasteiger partial charge in [0, 0.05) is 12.2 Å². The van der Waals surface area contributed by atoms with E-state index in [2.05, 4.69) is 15.6 Å². The number of hydrogen-bond donors (Lipinski definition) is 3. The van der Waals surface area contributed by atoms with E-state index in [1.165, 1.54) is 12.8 Å². The second kappa shape index (κ2) is 4.86. The van der Waals surface area contributed by atoms with Gasteiger partial charge in [-0.2, -0.15) is 0 Å². The van der Waals surface area contributed by atoms with Gasteiger partial charge in [-0.1, -0.05) is 0 Å². The van der Waals surface area contributed by atoms with Gasteiger partial charge in [0.15, 0.2) is 5.58 Å². The Hall–Kier alpha value is -1.75. The molecule has 1 unspecified atom stereocenters. The number of aromatic nitrogens is 1. The molecule has 1 atom stereocenters. The molecule has 0 radical (unpaired) electrons. The van der Waals surface area contributed by atoms with E-state index in [0.717, 1.165) is 36.8 Å². The highest BCUT2D eigenvalue weighted by Gasteiger charge is 2.13. The third-order valence-corrected chi connectivity index (χ3v) is 3.46. The SMILES string of the molecule is O=c1[nH]c2cc(NCCC3CCNC3)ccc2o1. The molecule has 1 aromatic heterocycles. The van der Waals surface area contributed by atoms with Gasteiger partial charge in [0.1, 0.15) is 0 Å². The third-order valence-electron chi connectivity index (χ3n) is 3.46. The molecule has 0 saturated carbocycles. The fourth-order valence-electron chi connectivity index (χ4n) is 2.44. The van der Waals surface area contributed by atoms with E-state index < -0.39 is 5.76 Å². The van der Waals surface area contributed by atoms with Gasteiger partial charge in [0.25, 0.3) is 0 Å². The third kappa shape index (κ3) is 2.41. The lowest BCUT2D eigenvalue weighted by Gasteiger charge is -2.10. The molecule has 1 aromatic carbocycles. The summed E-state index contributed by atoms with van der Waals surface area (Å²) in [6, 6.07) is 5.66. The maximum absolute atomic E-state index is 11.0. The normalized spacial score (nSPS) is 19.4. The first-order valence-corrected chi connectivity index (χ1v) is 6.39. The molecule has 2 heterocycles. The van der Waals surface area contributed by atoms with Crippen LogP contribution < -0.4 is 16.4 Å². The van der Waals surface area contributed by atoms with Crippen molar-refractivity contribution in [3.05, 3.63) is 28.7 Å². The van der Waals surface area contributed by atoms with Gasteiger partial charge in [0.05, 0.1) is 5.52 Å². The molecule has 5 nitrogen and oxygen atoms in total. The molecule has 0 aliphatic carbocycles. The van der Waals surface area contributed by atoms with Crippen LogP contribution in [0.5, 0.6) is 0 Å². The van der Waals surface area contributed by atoms with Crippen LogP contribution in [0.3, 0.4) is 0 Å². The number of fused-ring (bicyclic) bond motifs is 1. The predicted octanol–water partition coefficient (Wildman–Crippen LogP) is 1.53. The molecule has 1 saturated heterocycles. The molecule has 1 aliphatic heterocycles. The smallest absolute Gasteiger partial charge is 0.408 e. The van der Waals surface area contributed by atoms with E-state index in [1.54, 1.807) is 0 Å². The first-order valence-electron chi connectivity index (χ1n) is 6.39. The van der Waals surface area contributed by atoms with Crippen LogP contribution in [0.2, 0.25) is 0 Å². The van der Waals surface area contributed by atoms with Crippen LogP contribution in [-0.4, -0.2) is 24.6 Å². The number of nitrogens with one attached hydrogen (secondary N) is 3. The number of rotatable bonds is 4. The summed E-state index contributed by atoms with van der Waals surface area (Å²) in [4.78, 5) is 13.7. The summed E-state index contributed by atoms with van der Waals surface area (Å²) in [6.07, 6.45) is 2.45. The Balaban J connectivity index is 1.61. The average Bonchev–Trinajstić information content (AvgIpc) is 2.96. The monoisotopic (exact) mass is 247 g/mol. The van der Waals surface area contributed by atoms with Crippen molar-refractivity contribution < 1.29 is 4.42 Å². The molecule has 96 valence electrons. The molecule has 0 spiro atoms. The van der Waals surface area contributed by atoms with Gasteiger partial charge in [-0.25, -0.2) is 4.79 Å². The van der Waals surface area contributed by atoms with Gasteiger partial charge >= 0.3 is 5.76 Å². The van der Waals surface area contributed by atoms with E-state index in [4.69, 9.17) is 4.42 Å². The Bertz CT molecular complexity index is 581. The van der Waals surface area contributed by atoms with Crippen molar-refractivity contribution >= 4 is 16.8 Å². The van der Waals surface area contributed by atoms with Gasteiger partial charge in [0.2, 0.25) is 0 Å². The molecule has 0 amide bonds. The van der Waals surface area contributed by atoms with Gasteiger partial charge in [-0.15, -0.1) is 0 Å². The molecule has 5 heteroatoms. The van der Waals surface area contributed by atoms with Gasteiger partial charge in [-0.3, -0.25) is 4.98 Å². The van der Waals surface area contributed by atoms with Crippen molar-refractivity contribution in [1.29, 1.82) is 0 Å². The minimum Gasteiger partial charge on any atom is -0.408 e. The second-order valence-corrected chi connectivity index (χ2v) is 4.80. The summed E-state index contributed by atoms with van der Waals surface area (Å²) in [5, 5.41) is 6.75. The van der Waals surface area contributed by atoms with Crippen LogP contribution in [-0.2, 0) is 0 Å². The summed E-state index contributed by atoms with van der Waals surface area (Å²) in [5.41, 5.74) is 2.36. The first-order chi connectivity index (χ1) is 8.81. The Morgan fingerprint density at radius 1 is 1.44 bits per heavy atom. The number of oxazole rings is 1. The predicted molar refractivity (Wildman–Crippen MR) is 70.9 cm³/mol. The van der Waals surface area contributed by atoms with Crippen molar-refractivity contribution in [2.45, 2.75) is 12.8 Å². The summed E-state index contributed by atoms with van der Waals surface area (Å²) in [7, 11) is 0. The van der Waals surface area contributed by atoms with Gasteiger partial charge in [-0.05, 0) is 50.0 Å². The molecule has 3 N–H and O–H groups in total. The van der Waals surface area contributed by atoms with E-state index in [-0.39, 0.29) is 0 Å². The molecule has 1 fully saturated rings. The van der Waals surface area contributed by atoms with Crippen LogP contribution in [0.4, 0.5) is 5.69 Å². The lowest BCUT2D eigenvalue weighted by molar-refractivity contribution is 0.549. The highest BCUT2D eigenvalue weighted by molar-refractivity contribution is 5.76. The Kier molecular flexibility index (Phi) is 3.06. The number of benzene rings is 1. The van der Waals surface area contributed by atoms with E-state index >= 15 is 0 Å². The molecular formula is C13H17N3O2. The Morgan fingerprint density at radius 3 is 3.22 bits per heavy atom. The highest BCUT2D eigenvalue weighted by Crippen LogP contribution is 2.17. The fraction of sp³-hybridized carbons (Fsp3) is 0.462. The second-order valence-electron chi connectivity index (χ2n) is 4.80. The van der Waals surface area contributed by atoms with Crippen molar-refractivity contribution in [1.82, 2.24) is 10.3 Å². The standard InChI is InChI=1S/C13H17N3O2/c17-13-16-11-7-10(1-2-12(11)18-13)15-6-4-9-3-5-14-8-9/h1-2,7,9,14-15H,3-6,8H2,(H,16,17). The molecule has 1 aliphatic rings. The lowest BCUT2D eigenvalue weighted by Crippen LogP contribution is -2.12. The van der Waals surface area contributed by atoms with Crippen molar-refractivity contribution in [3.8, 4) is 0 Å². The summed E-state index contributed by atoms with van der Waals surface area (Å²) in [5.74, 6) is 0.383. The topological polar surface area (TPSA) is 70.1 Å². The minimum atomic E-state index is -0.404. The zero-order valence-electron chi connectivity index (χ0n) is 10.2. The number of anilines is 1. The zero-order valence-corrected chi connectivity index (χ0v) is 10.2. The number of hydrogen-bond acceptors (Lipinski definition) is 4. The maximum atomic E-state index is 11.0. The average molecular weight is 247 g/mol. The highest BCUT2D eigenvalue weighted by atomic mass is 16.4. The lowest BCUT2D eigenvalue weighted by atomic mass is 10.1. The van der Waals surface area contributed by atoms with E-state index in [0.29, 0.717) is 5.58 Å². The molecular weight excluding hydrogens is 230 g/mol. The quantitative estimate of drug-likeness (QED) is 0.766. The van der Waals surface area contributed by atoms with Crippen LogP contribution in [0.15, 0.2) is 27.4 Å². The fourth-order valence-corrected chi connectivity index (χ4v) is 2.44. The van der Waals surface area contributed by atoms with Gasteiger partial charge < -0.3 is 15.1 Å². The summed E-state index contributed by atoms with van der Waals surface area (Å²) in [6.45, 7) is 3.24. The largest absolute Gasteiger partial charge is 0.417 e. The molecule has 0 bridgehead atoms. The number of aromatic amines is 1. The van der Waals surface area contributed by atoms with Crippen LogP contribution >= 0.6 is 0 Å². The first kappa shape index (κ1) is 11.3. The molecule has 3 rings (SSSR count). The van der Waals surface area contributed by atoms with Crippen molar-refractivity contribution in [2.24, 2.45) is 5.92 Å². The van der Waals surface area contributed by atoms with Crippen molar-refractivity contribution in [3.63, 3.8) is 0 Å². The van der Waals surface area contributed by atoms with Crippen LogP contribution in [0.25, 0.3) is 11.1 Å². The number of H-pyrrole nitrogens is 1. The molecule has 18 heavy (non-hydrogen) atoms. The molecule has 2 aromatic rings. The van der Waals surface area contributed by atoms with Crippen LogP contribution in [0.1, 0.15) is 12.8 Å². The maximum Gasteiger partial charge on any atom is 0.417 e. The van der Waals surface area contributed by atoms with E-state index in [9.17, 15) is 4.79 Å². The Morgan fingerprint density at radius 2 is 2.39 bits per heavy atom. The van der Waals surface area contributed by atoms with E-state index in [1.807, 2.05) is 18.2 Å².